The number of carbonyl (C=O) groups excluding carboxylic acids is 2. The van der Waals surface area contributed by atoms with Gasteiger partial charge < -0.3 is 24.3 Å². The molecule has 0 bridgehead atoms. The maximum Gasteiger partial charge on any atom is 0.337 e. The predicted molar refractivity (Wildman–Crippen MR) is 99.4 cm³/mol. The van der Waals surface area contributed by atoms with E-state index in [0.29, 0.717) is 22.8 Å². The van der Waals surface area contributed by atoms with E-state index in [2.05, 4.69) is 10.1 Å². The average Bonchev–Trinajstić information content (AvgIpc) is 2.71. The van der Waals surface area contributed by atoms with Gasteiger partial charge in [-0.25, -0.2) is 4.79 Å². The first-order chi connectivity index (χ1) is 13.0. The second kappa shape index (κ2) is 9.47. The molecule has 0 fully saturated rings. The number of amides is 1. The summed E-state index contributed by atoms with van der Waals surface area (Å²) in [6.07, 6.45) is 0. The van der Waals surface area contributed by atoms with E-state index in [-0.39, 0.29) is 18.6 Å². The van der Waals surface area contributed by atoms with Gasteiger partial charge in [-0.15, -0.1) is 0 Å². The zero-order valence-corrected chi connectivity index (χ0v) is 15.8. The summed E-state index contributed by atoms with van der Waals surface area (Å²) >= 11 is 0. The highest BCUT2D eigenvalue weighted by Crippen LogP contribution is 2.29. The minimum absolute atomic E-state index is 0.159. The van der Waals surface area contributed by atoms with Gasteiger partial charge in [0.15, 0.2) is 6.61 Å². The van der Waals surface area contributed by atoms with Gasteiger partial charge in [-0.05, 0) is 49.4 Å². The molecule has 0 spiro atoms. The highest BCUT2D eigenvalue weighted by molar-refractivity contribution is 5.89. The summed E-state index contributed by atoms with van der Waals surface area (Å²) < 4.78 is 20.7. The Morgan fingerprint density at radius 2 is 1.63 bits per heavy atom. The smallest absolute Gasteiger partial charge is 0.337 e. The number of benzene rings is 2. The normalized spacial score (nSPS) is 11.3. The van der Waals surface area contributed by atoms with Crippen LogP contribution in [0.3, 0.4) is 0 Å². The van der Waals surface area contributed by atoms with E-state index >= 15 is 0 Å². The molecule has 7 heteroatoms. The fourth-order valence-electron chi connectivity index (χ4n) is 2.49. The molecule has 1 amide bonds. The molecule has 1 N–H and O–H groups in total. The summed E-state index contributed by atoms with van der Waals surface area (Å²) in [4.78, 5) is 23.6. The molecule has 0 aliphatic carbocycles. The minimum Gasteiger partial charge on any atom is -0.497 e. The summed E-state index contributed by atoms with van der Waals surface area (Å²) in [7, 11) is 4.46. The lowest BCUT2D eigenvalue weighted by Gasteiger charge is -2.18. The first-order valence-corrected chi connectivity index (χ1v) is 8.31. The monoisotopic (exact) mass is 373 g/mol. The molecule has 0 heterocycles. The highest BCUT2D eigenvalue weighted by Gasteiger charge is 2.15. The number of hydrogen-bond acceptors (Lipinski definition) is 6. The SMILES string of the molecule is COC(=O)c1ccc(OCC(=O)N[C@@H](C)c2cc(OC)ccc2OC)cc1. The lowest BCUT2D eigenvalue weighted by atomic mass is 10.1. The van der Waals surface area contributed by atoms with Crippen molar-refractivity contribution in [1.29, 1.82) is 0 Å². The third kappa shape index (κ3) is 5.37. The van der Waals surface area contributed by atoms with E-state index in [4.69, 9.17) is 14.2 Å². The molecule has 0 aliphatic heterocycles. The number of rotatable bonds is 8. The van der Waals surface area contributed by atoms with Crippen LogP contribution in [0.1, 0.15) is 28.9 Å². The van der Waals surface area contributed by atoms with Gasteiger partial charge in [-0.2, -0.15) is 0 Å². The maximum absolute atomic E-state index is 12.2. The lowest BCUT2D eigenvalue weighted by Crippen LogP contribution is -2.31. The number of nitrogens with one attached hydrogen (secondary N) is 1. The second-order valence-electron chi connectivity index (χ2n) is 5.70. The average molecular weight is 373 g/mol. The summed E-state index contributed by atoms with van der Waals surface area (Å²) in [5, 5.41) is 2.86. The van der Waals surface area contributed by atoms with Crippen LogP contribution in [0.4, 0.5) is 0 Å². The molecular formula is C20H23NO6. The molecule has 1 atom stereocenters. The first-order valence-electron chi connectivity index (χ1n) is 8.31. The van der Waals surface area contributed by atoms with Crippen molar-refractivity contribution >= 4 is 11.9 Å². The standard InChI is InChI=1S/C20H23NO6/c1-13(17-11-16(24-2)9-10-18(17)25-3)21-19(22)12-27-15-7-5-14(6-8-15)20(23)26-4/h5-11,13H,12H2,1-4H3,(H,21,22)/t13-/m0/s1. The van der Waals surface area contributed by atoms with Crippen molar-refractivity contribution in [3.05, 3.63) is 53.6 Å². The Morgan fingerprint density at radius 3 is 2.22 bits per heavy atom. The molecule has 2 rings (SSSR count). The number of methoxy groups -OCH3 is 3. The first kappa shape index (κ1) is 20.1. The Labute approximate surface area is 158 Å². The van der Waals surface area contributed by atoms with Crippen LogP contribution < -0.4 is 19.5 Å². The largest absolute Gasteiger partial charge is 0.497 e. The fraction of sp³-hybridized carbons (Fsp3) is 0.300. The predicted octanol–water partition coefficient (Wildman–Crippen LogP) is 2.75. The van der Waals surface area contributed by atoms with Crippen LogP contribution in [-0.4, -0.2) is 39.8 Å². The molecule has 0 radical (unpaired) electrons. The van der Waals surface area contributed by atoms with Gasteiger partial charge in [0.25, 0.3) is 5.91 Å². The molecule has 7 nitrogen and oxygen atoms in total. The van der Waals surface area contributed by atoms with E-state index in [0.717, 1.165) is 5.56 Å². The second-order valence-corrected chi connectivity index (χ2v) is 5.70. The van der Waals surface area contributed by atoms with E-state index in [1.807, 2.05) is 13.0 Å². The molecular weight excluding hydrogens is 350 g/mol. The van der Waals surface area contributed by atoms with Gasteiger partial charge in [0.2, 0.25) is 0 Å². The van der Waals surface area contributed by atoms with Crippen molar-refractivity contribution in [2.45, 2.75) is 13.0 Å². The topological polar surface area (TPSA) is 83.1 Å². The van der Waals surface area contributed by atoms with Gasteiger partial charge in [0, 0.05) is 5.56 Å². The fourth-order valence-corrected chi connectivity index (χ4v) is 2.49. The Bertz CT molecular complexity index is 788. The maximum atomic E-state index is 12.2. The van der Waals surface area contributed by atoms with Gasteiger partial charge in [-0.1, -0.05) is 0 Å². The number of carbonyl (C=O) groups is 2. The van der Waals surface area contributed by atoms with Crippen molar-refractivity contribution in [2.24, 2.45) is 0 Å². The van der Waals surface area contributed by atoms with Crippen LogP contribution in [-0.2, 0) is 9.53 Å². The third-order valence-electron chi connectivity index (χ3n) is 3.93. The Hall–Kier alpha value is -3.22. The zero-order chi connectivity index (χ0) is 19.8. The van der Waals surface area contributed by atoms with Gasteiger partial charge in [0.1, 0.15) is 17.2 Å². The summed E-state index contributed by atoms with van der Waals surface area (Å²) in [5.41, 5.74) is 1.21. The number of esters is 1. The Morgan fingerprint density at radius 1 is 0.963 bits per heavy atom. The quantitative estimate of drug-likeness (QED) is 0.717. The summed E-state index contributed by atoms with van der Waals surface area (Å²) in [5.74, 6) is 1.09. The molecule has 2 aromatic rings. The number of ether oxygens (including phenoxy) is 4. The van der Waals surface area contributed by atoms with Crippen molar-refractivity contribution in [3.8, 4) is 17.2 Å². The van der Waals surface area contributed by atoms with Crippen LogP contribution in [0.25, 0.3) is 0 Å². The van der Waals surface area contributed by atoms with Crippen molar-refractivity contribution < 1.29 is 28.5 Å². The van der Waals surface area contributed by atoms with E-state index in [9.17, 15) is 9.59 Å². The van der Waals surface area contributed by atoms with Crippen LogP contribution in [0.15, 0.2) is 42.5 Å². The highest BCUT2D eigenvalue weighted by atomic mass is 16.5. The van der Waals surface area contributed by atoms with Crippen LogP contribution >= 0.6 is 0 Å². The van der Waals surface area contributed by atoms with Crippen molar-refractivity contribution in [1.82, 2.24) is 5.32 Å². The Balaban J connectivity index is 1.94. The van der Waals surface area contributed by atoms with E-state index in [1.54, 1.807) is 50.6 Å². The Kier molecular flexibility index (Phi) is 7.05. The molecule has 27 heavy (non-hydrogen) atoms. The van der Waals surface area contributed by atoms with E-state index < -0.39 is 5.97 Å². The van der Waals surface area contributed by atoms with Gasteiger partial charge in [0.05, 0.1) is 32.9 Å². The van der Waals surface area contributed by atoms with E-state index in [1.165, 1.54) is 7.11 Å². The summed E-state index contributed by atoms with van der Waals surface area (Å²) in [6.45, 7) is 1.69. The molecule has 2 aromatic carbocycles. The molecule has 0 saturated carbocycles. The van der Waals surface area contributed by atoms with Gasteiger partial charge in [-0.3, -0.25) is 4.79 Å². The van der Waals surface area contributed by atoms with Crippen LogP contribution in [0, 0.1) is 0 Å². The minimum atomic E-state index is -0.430. The van der Waals surface area contributed by atoms with Crippen LogP contribution in [0.2, 0.25) is 0 Å². The van der Waals surface area contributed by atoms with Crippen molar-refractivity contribution in [3.63, 3.8) is 0 Å². The zero-order valence-electron chi connectivity index (χ0n) is 15.8. The third-order valence-corrected chi connectivity index (χ3v) is 3.93. The number of hydrogen-bond donors (Lipinski definition) is 1. The molecule has 0 unspecified atom stereocenters. The molecule has 0 aromatic heterocycles. The van der Waals surface area contributed by atoms with Crippen LogP contribution in [0.5, 0.6) is 17.2 Å². The van der Waals surface area contributed by atoms with Crippen molar-refractivity contribution in [2.75, 3.05) is 27.9 Å². The molecule has 0 saturated heterocycles. The summed E-state index contributed by atoms with van der Waals surface area (Å²) in [6, 6.07) is 11.4. The molecule has 144 valence electrons. The lowest BCUT2D eigenvalue weighted by molar-refractivity contribution is -0.123. The molecule has 0 aliphatic rings. The van der Waals surface area contributed by atoms with Gasteiger partial charge >= 0.3 is 5.97 Å².